The lowest BCUT2D eigenvalue weighted by atomic mass is 9.94. The molecule has 0 aromatic heterocycles. The van der Waals surface area contributed by atoms with Crippen molar-refractivity contribution in [3.05, 3.63) is 0 Å². The van der Waals surface area contributed by atoms with Crippen LogP contribution in [0.15, 0.2) is 0 Å². The van der Waals surface area contributed by atoms with Crippen LogP contribution in [-0.4, -0.2) is 37.6 Å². The minimum atomic E-state index is 0.684. The van der Waals surface area contributed by atoms with Crippen molar-refractivity contribution in [2.45, 2.75) is 38.6 Å². The second-order valence-corrected chi connectivity index (χ2v) is 4.70. The molecule has 2 unspecified atom stereocenters. The van der Waals surface area contributed by atoms with E-state index in [1.54, 1.807) is 0 Å². The van der Waals surface area contributed by atoms with Gasteiger partial charge in [0.15, 0.2) is 0 Å². The maximum absolute atomic E-state index is 8.41. The lowest BCUT2D eigenvalue weighted by Crippen LogP contribution is -2.47. The summed E-state index contributed by atoms with van der Waals surface area (Å²) in [4.78, 5) is 2.40. The third-order valence-electron chi connectivity index (χ3n) is 3.23. The van der Waals surface area contributed by atoms with Gasteiger partial charge in [-0.1, -0.05) is 6.92 Å². The van der Waals surface area contributed by atoms with Gasteiger partial charge in [0.2, 0.25) is 0 Å². The fraction of sp³-hybridized carbons (Fsp3) is 0.917. The molecule has 0 aromatic carbocycles. The molecule has 3 heteroatoms. The molecule has 86 valence electrons. The predicted octanol–water partition coefficient (Wildman–Crippen LogP) is 1.61. The Morgan fingerprint density at radius 1 is 1.47 bits per heavy atom. The summed E-state index contributed by atoms with van der Waals surface area (Å²) >= 11 is 0. The third kappa shape index (κ3) is 4.63. The Morgan fingerprint density at radius 2 is 2.27 bits per heavy atom. The largest absolute Gasteiger partial charge is 0.314 e. The van der Waals surface area contributed by atoms with Crippen molar-refractivity contribution in [3.8, 4) is 6.07 Å². The minimum absolute atomic E-state index is 0.684. The van der Waals surface area contributed by atoms with Crippen molar-refractivity contribution in [2.24, 2.45) is 5.92 Å². The number of hydrogen-bond acceptors (Lipinski definition) is 3. The molecule has 1 saturated heterocycles. The smallest absolute Gasteiger partial charge is 0.0621 e. The zero-order valence-corrected chi connectivity index (χ0v) is 10.00. The second kappa shape index (κ2) is 6.81. The van der Waals surface area contributed by atoms with Gasteiger partial charge in [-0.15, -0.1) is 0 Å². The molecule has 1 fully saturated rings. The van der Waals surface area contributed by atoms with Crippen LogP contribution >= 0.6 is 0 Å². The average molecular weight is 209 g/mol. The molecule has 2 atom stereocenters. The van der Waals surface area contributed by atoms with Gasteiger partial charge in [0.05, 0.1) is 6.07 Å². The van der Waals surface area contributed by atoms with Gasteiger partial charge in [-0.2, -0.15) is 5.26 Å². The van der Waals surface area contributed by atoms with E-state index >= 15 is 0 Å². The highest BCUT2D eigenvalue weighted by atomic mass is 15.1. The van der Waals surface area contributed by atoms with Gasteiger partial charge in [-0.25, -0.2) is 0 Å². The summed E-state index contributed by atoms with van der Waals surface area (Å²) in [6.07, 6.45) is 4.12. The van der Waals surface area contributed by atoms with Crippen LogP contribution in [0.5, 0.6) is 0 Å². The van der Waals surface area contributed by atoms with Crippen molar-refractivity contribution in [3.63, 3.8) is 0 Å². The number of nitriles is 1. The summed E-state index contributed by atoms with van der Waals surface area (Å²) in [5, 5.41) is 12.0. The molecule has 3 nitrogen and oxygen atoms in total. The summed E-state index contributed by atoms with van der Waals surface area (Å²) in [6.45, 7) is 5.80. The molecular formula is C12H23N3. The first-order valence-corrected chi connectivity index (χ1v) is 6.03. The summed E-state index contributed by atoms with van der Waals surface area (Å²) in [6, 6.07) is 2.87. The van der Waals surface area contributed by atoms with E-state index in [1.807, 2.05) is 0 Å². The highest BCUT2D eigenvalue weighted by molar-refractivity contribution is 4.81. The Kier molecular flexibility index (Phi) is 5.67. The molecule has 1 aliphatic rings. The Labute approximate surface area is 93.5 Å². The Morgan fingerprint density at radius 3 is 2.93 bits per heavy atom. The fourth-order valence-corrected chi connectivity index (χ4v) is 2.27. The molecule has 1 rings (SSSR count). The van der Waals surface area contributed by atoms with E-state index in [1.165, 1.54) is 19.5 Å². The minimum Gasteiger partial charge on any atom is -0.314 e. The molecule has 0 aliphatic carbocycles. The van der Waals surface area contributed by atoms with Gasteiger partial charge < -0.3 is 10.2 Å². The van der Waals surface area contributed by atoms with E-state index in [-0.39, 0.29) is 0 Å². The summed E-state index contributed by atoms with van der Waals surface area (Å²) in [5.74, 6) is 0.750. The quantitative estimate of drug-likeness (QED) is 0.699. The number of hydrogen-bond donors (Lipinski definition) is 1. The monoisotopic (exact) mass is 209 g/mol. The van der Waals surface area contributed by atoms with Crippen LogP contribution < -0.4 is 5.32 Å². The molecule has 15 heavy (non-hydrogen) atoms. The first-order chi connectivity index (χ1) is 7.24. The Bertz CT molecular complexity index is 209. The number of unbranched alkanes of at least 4 members (excludes halogenated alkanes) is 2. The lowest BCUT2D eigenvalue weighted by Gasteiger charge is -2.35. The highest BCUT2D eigenvalue weighted by Crippen LogP contribution is 2.15. The van der Waals surface area contributed by atoms with Crippen LogP contribution in [0.1, 0.15) is 32.6 Å². The van der Waals surface area contributed by atoms with Crippen molar-refractivity contribution in [2.75, 3.05) is 26.7 Å². The first kappa shape index (κ1) is 12.5. The van der Waals surface area contributed by atoms with Crippen LogP contribution in [0.3, 0.4) is 0 Å². The van der Waals surface area contributed by atoms with E-state index in [0.29, 0.717) is 12.5 Å². The van der Waals surface area contributed by atoms with Crippen LogP contribution in [-0.2, 0) is 0 Å². The fourth-order valence-electron chi connectivity index (χ4n) is 2.27. The van der Waals surface area contributed by atoms with Crippen molar-refractivity contribution >= 4 is 0 Å². The third-order valence-corrected chi connectivity index (χ3v) is 3.23. The molecule has 1 aliphatic heterocycles. The van der Waals surface area contributed by atoms with Gasteiger partial charge in [-0.3, -0.25) is 0 Å². The number of rotatable bonds is 5. The number of likely N-dealkylation sites (tertiary alicyclic amines) is 1. The maximum atomic E-state index is 8.41. The molecule has 0 radical (unpaired) electrons. The SMILES string of the molecule is CC1CN(C)CCC1NCCCCC#N. The maximum Gasteiger partial charge on any atom is 0.0621 e. The normalized spacial score (nSPS) is 27.5. The molecule has 1 N–H and O–H groups in total. The average Bonchev–Trinajstić information content (AvgIpc) is 2.20. The summed E-state index contributed by atoms with van der Waals surface area (Å²) in [5.41, 5.74) is 0. The standard InChI is InChI=1S/C12H23N3/c1-11-10-15(2)9-6-12(11)14-8-5-3-4-7-13/h11-12,14H,3-6,8-10H2,1-2H3. The van der Waals surface area contributed by atoms with E-state index in [2.05, 4.69) is 30.3 Å². The van der Waals surface area contributed by atoms with Gasteiger partial charge in [0.25, 0.3) is 0 Å². The number of nitrogens with zero attached hydrogens (tertiary/aromatic N) is 2. The van der Waals surface area contributed by atoms with Crippen molar-refractivity contribution < 1.29 is 0 Å². The van der Waals surface area contributed by atoms with E-state index in [9.17, 15) is 0 Å². The van der Waals surface area contributed by atoms with Crippen molar-refractivity contribution in [1.82, 2.24) is 10.2 Å². The molecule has 0 bridgehead atoms. The van der Waals surface area contributed by atoms with E-state index in [0.717, 1.165) is 25.3 Å². The van der Waals surface area contributed by atoms with Crippen LogP contribution in [0.25, 0.3) is 0 Å². The topological polar surface area (TPSA) is 39.1 Å². The predicted molar refractivity (Wildman–Crippen MR) is 62.5 cm³/mol. The Balaban J connectivity index is 2.08. The molecule has 0 amide bonds. The molecule has 0 spiro atoms. The second-order valence-electron chi connectivity index (χ2n) is 4.70. The van der Waals surface area contributed by atoms with Gasteiger partial charge >= 0.3 is 0 Å². The zero-order valence-electron chi connectivity index (χ0n) is 10.00. The van der Waals surface area contributed by atoms with E-state index in [4.69, 9.17) is 5.26 Å². The van der Waals surface area contributed by atoms with Gasteiger partial charge in [-0.05, 0) is 45.3 Å². The van der Waals surface area contributed by atoms with Crippen LogP contribution in [0.2, 0.25) is 0 Å². The van der Waals surface area contributed by atoms with E-state index < -0.39 is 0 Å². The molecular weight excluding hydrogens is 186 g/mol. The molecule has 1 heterocycles. The van der Waals surface area contributed by atoms with Crippen molar-refractivity contribution in [1.29, 1.82) is 5.26 Å². The van der Waals surface area contributed by atoms with Crippen LogP contribution in [0, 0.1) is 17.2 Å². The van der Waals surface area contributed by atoms with Crippen LogP contribution in [0.4, 0.5) is 0 Å². The van der Waals surface area contributed by atoms with Gasteiger partial charge in [0.1, 0.15) is 0 Å². The summed E-state index contributed by atoms with van der Waals surface area (Å²) in [7, 11) is 2.19. The molecule has 0 aromatic rings. The summed E-state index contributed by atoms with van der Waals surface area (Å²) < 4.78 is 0. The van der Waals surface area contributed by atoms with Gasteiger partial charge in [0, 0.05) is 19.0 Å². The zero-order chi connectivity index (χ0) is 11.1. The Hall–Kier alpha value is -0.590. The lowest BCUT2D eigenvalue weighted by molar-refractivity contribution is 0.175. The number of nitrogens with one attached hydrogen (secondary N) is 1. The number of piperidine rings is 1. The molecule has 0 saturated carbocycles. The highest BCUT2D eigenvalue weighted by Gasteiger charge is 2.22. The first-order valence-electron chi connectivity index (χ1n) is 6.03.